The minimum atomic E-state index is 0. The summed E-state index contributed by atoms with van der Waals surface area (Å²) in [5.41, 5.74) is 2.61. The van der Waals surface area contributed by atoms with Crippen molar-refractivity contribution in [2.45, 2.75) is 58.8 Å². The van der Waals surface area contributed by atoms with Gasteiger partial charge in [-0.3, -0.25) is 9.98 Å². The first-order valence-electron chi connectivity index (χ1n) is 9.21. The Bertz CT molecular complexity index is 484. The molecular formula is C19H33IN4. The topological polar surface area (TPSA) is 49.3 Å². The van der Waals surface area contributed by atoms with Crippen LogP contribution in [0.15, 0.2) is 23.5 Å². The van der Waals surface area contributed by atoms with E-state index in [1.54, 1.807) is 0 Å². The number of aryl methyl sites for hydroxylation is 1. The van der Waals surface area contributed by atoms with Crippen LogP contribution in [0.25, 0.3) is 0 Å². The van der Waals surface area contributed by atoms with Gasteiger partial charge in [0.05, 0.1) is 0 Å². The van der Waals surface area contributed by atoms with E-state index in [1.165, 1.54) is 49.7 Å². The van der Waals surface area contributed by atoms with Gasteiger partial charge in [-0.1, -0.05) is 25.7 Å². The van der Waals surface area contributed by atoms with Crippen LogP contribution in [0.5, 0.6) is 0 Å². The molecule has 0 radical (unpaired) electrons. The van der Waals surface area contributed by atoms with Gasteiger partial charge in [-0.25, -0.2) is 0 Å². The maximum Gasteiger partial charge on any atom is 0.191 e. The minimum absolute atomic E-state index is 0. The lowest BCUT2D eigenvalue weighted by molar-refractivity contribution is 0.487. The van der Waals surface area contributed by atoms with Crippen molar-refractivity contribution in [2.24, 2.45) is 10.9 Å². The molecule has 1 aliphatic carbocycles. The Labute approximate surface area is 164 Å². The number of nitrogens with one attached hydrogen (secondary N) is 2. The molecule has 0 bridgehead atoms. The molecular weight excluding hydrogens is 411 g/mol. The van der Waals surface area contributed by atoms with E-state index in [0.29, 0.717) is 0 Å². The molecule has 2 N–H and O–H groups in total. The summed E-state index contributed by atoms with van der Waals surface area (Å²) < 4.78 is 0. The van der Waals surface area contributed by atoms with E-state index < -0.39 is 0 Å². The van der Waals surface area contributed by atoms with Crippen LogP contribution in [0.3, 0.4) is 0 Å². The summed E-state index contributed by atoms with van der Waals surface area (Å²) in [5, 5.41) is 6.78. The lowest BCUT2D eigenvalue weighted by atomic mass is 10.0. The number of hydrogen-bond acceptors (Lipinski definition) is 2. The van der Waals surface area contributed by atoms with Crippen LogP contribution in [0.1, 0.15) is 56.6 Å². The van der Waals surface area contributed by atoms with E-state index in [-0.39, 0.29) is 24.0 Å². The number of pyridine rings is 1. The molecule has 0 amide bonds. The van der Waals surface area contributed by atoms with Crippen LogP contribution in [-0.2, 0) is 6.42 Å². The average Bonchev–Trinajstić information content (AvgIpc) is 3.06. The fourth-order valence-electron chi connectivity index (χ4n) is 3.31. The van der Waals surface area contributed by atoms with Crippen molar-refractivity contribution in [2.75, 3.05) is 19.6 Å². The zero-order valence-electron chi connectivity index (χ0n) is 15.2. The van der Waals surface area contributed by atoms with Gasteiger partial charge in [-0.15, -0.1) is 24.0 Å². The van der Waals surface area contributed by atoms with E-state index in [1.807, 2.05) is 12.4 Å². The molecule has 1 aromatic rings. The monoisotopic (exact) mass is 444 g/mol. The Hall–Kier alpha value is -0.850. The van der Waals surface area contributed by atoms with E-state index >= 15 is 0 Å². The highest BCUT2D eigenvalue weighted by Crippen LogP contribution is 2.28. The molecule has 1 heterocycles. The van der Waals surface area contributed by atoms with Gasteiger partial charge in [-0.2, -0.15) is 0 Å². The number of halogens is 1. The van der Waals surface area contributed by atoms with E-state index in [4.69, 9.17) is 4.99 Å². The molecule has 1 aliphatic rings. The molecule has 0 saturated heterocycles. The summed E-state index contributed by atoms with van der Waals surface area (Å²) in [6, 6.07) is 2.10. The van der Waals surface area contributed by atoms with Crippen molar-refractivity contribution in [3.05, 3.63) is 29.6 Å². The molecule has 2 rings (SSSR count). The SMILES string of the molecule is CCNC(=NCCCC1CCCC1)NCCc1ccncc1C.I. The molecule has 0 aromatic carbocycles. The highest BCUT2D eigenvalue weighted by atomic mass is 127. The zero-order chi connectivity index (χ0) is 16.3. The van der Waals surface area contributed by atoms with E-state index in [0.717, 1.165) is 37.9 Å². The highest BCUT2D eigenvalue weighted by Gasteiger charge is 2.13. The first-order chi connectivity index (χ1) is 11.3. The molecule has 1 fully saturated rings. The molecule has 0 atom stereocenters. The van der Waals surface area contributed by atoms with E-state index in [9.17, 15) is 0 Å². The first-order valence-corrected chi connectivity index (χ1v) is 9.21. The number of rotatable bonds is 8. The average molecular weight is 444 g/mol. The zero-order valence-corrected chi connectivity index (χ0v) is 17.5. The second kappa shape index (κ2) is 12.5. The van der Waals surface area contributed by atoms with Crippen LogP contribution in [0, 0.1) is 12.8 Å². The summed E-state index contributed by atoms with van der Waals surface area (Å²) in [5.74, 6) is 1.92. The third kappa shape index (κ3) is 7.81. The van der Waals surface area contributed by atoms with Gasteiger partial charge in [-0.05, 0) is 56.2 Å². The van der Waals surface area contributed by atoms with Gasteiger partial charge in [0.2, 0.25) is 0 Å². The Kier molecular flexibility index (Phi) is 11.0. The molecule has 24 heavy (non-hydrogen) atoms. The maximum absolute atomic E-state index is 4.71. The first kappa shape index (κ1) is 21.2. The lowest BCUT2D eigenvalue weighted by Crippen LogP contribution is -2.38. The van der Waals surface area contributed by atoms with Gasteiger partial charge in [0.1, 0.15) is 0 Å². The number of guanidine groups is 1. The van der Waals surface area contributed by atoms with Gasteiger partial charge in [0.25, 0.3) is 0 Å². The van der Waals surface area contributed by atoms with Crippen molar-refractivity contribution in [3.63, 3.8) is 0 Å². The molecule has 1 saturated carbocycles. The van der Waals surface area contributed by atoms with Crippen molar-refractivity contribution >= 4 is 29.9 Å². The second-order valence-corrected chi connectivity index (χ2v) is 6.53. The summed E-state index contributed by atoms with van der Waals surface area (Å²) in [6.45, 7) is 6.97. The van der Waals surface area contributed by atoms with Crippen molar-refractivity contribution in [3.8, 4) is 0 Å². The van der Waals surface area contributed by atoms with Crippen LogP contribution < -0.4 is 10.6 Å². The number of aromatic nitrogens is 1. The quantitative estimate of drug-likeness (QED) is 0.275. The minimum Gasteiger partial charge on any atom is -0.357 e. The van der Waals surface area contributed by atoms with Crippen LogP contribution in [0.4, 0.5) is 0 Å². The van der Waals surface area contributed by atoms with Gasteiger partial charge >= 0.3 is 0 Å². The Morgan fingerprint density at radius 3 is 2.79 bits per heavy atom. The molecule has 1 aromatic heterocycles. The van der Waals surface area contributed by atoms with Crippen LogP contribution in [0.2, 0.25) is 0 Å². The molecule has 4 nitrogen and oxygen atoms in total. The predicted octanol–water partition coefficient (Wildman–Crippen LogP) is 4.08. The summed E-state index contributed by atoms with van der Waals surface area (Å²) in [4.78, 5) is 8.85. The molecule has 0 spiro atoms. The normalized spacial score (nSPS) is 15.2. The molecule has 0 aliphatic heterocycles. The van der Waals surface area contributed by atoms with Crippen molar-refractivity contribution in [1.82, 2.24) is 15.6 Å². The number of nitrogens with zero attached hydrogens (tertiary/aromatic N) is 2. The van der Waals surface area contributed by atoms with Crippen LogP contribution >= 0.6 is 24.0 Å². The highest BCUT2D eigenvalue weighted by molar-refractivity contribution is 14.0. The summed E-state index contributed by atoms with van der Waals surface area (Å²) in [7, 11) is 0. The predicted molar refractivity (Wildman–Crippen MR) is 113 cm³/mol. The van der Waals surface area contributed by atoms with Crippen molar-refractivity contribution in [1.29, 1.82) is 0 Å². The smallest absolute Gasteiger partial charge is 0.191 e. The summed E-state index contributed by atoms with van der Waals surface area (Å²) in [6.07, 6.45) is 13.1. The third-order valence-electron chi connectivity index (χ3n) is 4.68. The van der Waals surface area contributed by atoms with Crippen LogP contribution in [-0.4, -0.2) is 30.6 Å². The maximum atomic E-state index is 4.71. The fraction of sp³-hybridized carbons (Fsp3) is 0.684. The summed E-state index contributed by atoms with van der Waals surface area (Å²) >= 11 is 0. The molecule has 5 heteroatoms. The molecule has 136 valence electrons. The second-order valence-electron chi connectivity index (χ2n) is 6.53. The van der Waals surface area contributed by atoms with Gasteiger partial charge in [0.15, 0.2) is 5.96 Å². The van der Waals surface area contributed by atoms with Crippen molar-refractivity contribution < 1.29 is 0 Å². The Balaban J connectivity index is 0.00000288. The third-order valence-corrected chi connectivity index (χ3v) is 4.68. The van der Waals surface area contributed by atoms with Gasteiger partial charge < -0.3 is 10.6 Å². The lowest BCUT2D eigenvalue weighted by Gasteiger charge is -2.12. The van der Waals surface area contributed by atoms with Gasteiger partial charge in [0, 0.05) is 32.0 Å². The Morgan fingerprint density at radius 1 is 1.29 bits per heavy atom. The number of hydrogen-bond donors (Lipinski definition) is 2. The fourth-order valence-corrected chi connectivity index (χ4v) is 3.31. The largest absolute Gasteiger partial charge is 0.357 e. The van der Waals surface area contributed by atoms with E-state index in [2.05, 4.69) is 35.5 Å². The standard InChI is InChI=1S/C19H32N4.HI/c1-3-21-19(22-12-6-9-17-7-4-5-8-17)23-14-11-18-10-13-20-15-16(18)2;/h10,13,15,17H,3-9,11-12,14H2,1-2H3,(H2,21,22,23);1H. The Morgan fingerprint density at radius 2 is 2.08 bits per heavy atom. The number of aliphatic imine (C=N–C) groups is 1. The molecule has 0 unspecified atom stereocenters.